The predicted molar refractivity (Wildman–Crippen MR) is 49.3 cm³/mol. The van der Waals surface area contributed by atoms with E-state index in [4.69, 9.17) is 5.73 Å². The van der Waals surface area contributed by atoms with Gasteiger partial charge in [-0.1, -0.05) is 39.5 Å². The zero-order valence-electron chi connectivity index (χ0n) is 7.84. The molecule has 1 rings (SSSR count). The van der Waals surface area contributed by atoms with Crippen molar-refractivity contribution in [2.24, 2.45) is 23.5 Å². The molecule has 0 aromatic carbocycles. The molecule has 0 bridgehead atoms. The summed E-state index contributed by atoms with van der Waals surface area (Å²) in [5, 5.41) is 0. The number of nitrogens with two attached hydrogens (primary N) is 1. The fourth-order valence-corrected chi connectivity index (χ4v) is 2.53. The van der Waals surface area contributed by atoms with E-state index in [1.54, 1.807) is 0 Å². The molecule has 3 atom stereocenters. The Morgan fingerprint density at radius 3 is 2.55 bits per heavy atom. The SMILES string of the molecule is CCC1CCCC(C)C1CN. The minimum absolute atomic E-state index is 0.814. The highest BCUT2D eigenvalue weighted by Crippen LogP contribution is 2.35. The molecule has 0 saturated heterocycles. The first-order chi connectivity index (χ1) is 5.29. The van der Waals surface area contributed by atoms with E-state index in [1.165, 1.54) is 25.7 Å². The van der Waals surface area contributed by atoms with E-state index in [2.05, 4.69) is 13.8 Å². The fourth-order valence-electron chi connectivity index (χ4n) is 2.53. The van der Waals surface area contributed by atoms with Crippen LogP contribution in [0.4, 0.5) is 0 Å². The molecule has 11 heavy (non-hydrogen) atoms. The highest BCUT2D eigenvalue weighted by molar-refractivity contribution is 4.79. The highest BCUT2D eigenvalue weighted by atomic mass is 14.6. The summed E-state index contributed by atoms with van der Waals surface area (Å²) in [6.07, 6.45) is 5.57. The van der Waals surface area contributed by atoms with Gasteiger partial charge in [0.25, 0.3) is 0 Å². The van der Waals surface area contributed by atoms with E-state index in [1.807, 2.05) is 0 Å². The standard InChI is InChI=1S/C10H21N/c1-3-9-6-4-5-8(2)10(9)7-11/h8-10H,3-7,11H2,1-2H3. The van der Waals surface area contributed by atoms with E-state index in [0.717, 1.165) is 24.3 Å². The van der Waals surface area contributed by atoms with Gasteiger partial charge < -0.3 is 5.73 Å². The van der Waals surface area contributed by atoms with Crippen molar-refractivity contribution in [1.29, 1.82) is 0 Å². The quantitative estimate of drug-likeness (QED) is 0.651. The molecule has 1 fully saturated rings. The van der Waals surface area contributed by atoms with Crippen LogP contribution in [0.1, 0.15) is 39.5 Å². The Balaban J connectivity index is 2.48. The van der Waals surface area contributed by atoms with Gasteiger partial charge in [-0.3, -0.25) is 0 Å². The third kappa shape index (κ3) is 1.96. The molecule has 1 aliphatic rings. The topological polar surface area (TPSA) is 26.0 Å². The summed E-state index contributed by atoms with van der Waals surface area (Å²) < 4.78 is 0. The van der Waals surface area contributed by atoms with Gasteiger partial charge in [-0.25, -0.2) is 0 Å². The molecule has 1 nitrogen and oxygen atoms in total. The summed E-state index contributed by atoms with van der Waals surface area (Å²) in [5.41, 5.74) is 5.76. The Morgan fingerprint density at radius 2 is 2.09 bits per heavy atom. The number of hydrogen-bond acceptors (Lipinski definition) is 1. The van der Waals surface area contributed by atoms with Gasteiger partial charge in [0.05, 0.1) is 0 Å². The molecular formula is C10H21N. The maximum atomic E-state index is 5.76. The van der Waals surface area contributed by atoms with E-state index in [0.29, 0.717) is 0 Å². The second-order valence-electron chi connectivity index (χ2n) is 3.98. The number of hydrogen-bond donors (Lipinski definition) is 1. The van der Waals surface area contributed by atoms with Crippen LogP contribution in [0.2, 0.25) is 0 Å². The lowest BCUT2D eigenvalue weighted by Gasteiger charge is -2.35. The van der Waals surface area contributed by atoms with Crippen molar-refractivity contribution in [3.8, 4) is 0 Å². The zero-order chi connectivity index (χ0) is 8.27. The van der Waals surface area contributed by atoms with Gasteiger partial charge in [-0.05, 0) is 24.3 Å². The molecule has 1 aliphatic carbocycles. The van der Waals surface area contributed by atoms with E-state index >= 15 is 0 Å². The first-order valence-electron chi connectivity index (χ1n) is 4.99. The predicted octanol–water partition coefficient (Wildman–Crippen LogP) is 2.41. The van der Waals surface area contributed by atoms with Crippen molar-refractivity contribution >= 4 is 0 Å². The highest BCUT2D eigenvalue weighted by Gasteiger charge is 2.27. The van der Waals surface area contributed by atoms with Gasteiger partial charge in [-0.2, -0.15) is 0 Å². The van der Waals surface area contributed by atoms with E-state index in [9.17, 15) is 0 Å². The van der Waals surface area contributed by atoms with Crippen LogP contribution >= 0.6 is 0 Å². The molecule has 0 amide bonds. The Labute approximate surface area is 70.4 Å². The average Bonchev–Trinajstić information content (AvgIpc) is 2.04. The molecule has 1 heteroatoms. The van der Waals surface area contributed by atoms with Gasteiger partial charge in [0.1, 0.15) is 0 Å². The maximum absolute atomic E-state index is 5.76. The van der Waals surface area contributed by atoms with Crippen LogP contribution in [-0.2, 0) is 0 Å². The van der Waals surface area contributed by atoms with Crippen molar-refractivity contribution in [3.63, 3.8) is 0 Å². The Morgan fingerprint density at radius 1 is 1.36 bits per heavy atom. The minimum atomic E-state index is 0.814. The molecule has 0 radical (unpaired) electrons. The van der Waals surface area contributed by atoms with Crippen molar-refractivity contribution in [1.82, 2.24) is 0 Å². The summed E-state index contributed by atoms with van der Waals surface area (Å²) in [7, 11) is 0. The van der Waals surface area contributed by atoms with Crippen LogP contribution in [0, 0.1) is 17.8 Å². The molecule has 0 aromatic rings. The van der Waals surface area contributed by atoms with Crippen LogP contribution in [0.25, 0.3) is 0 Å². The minimum Gasteiger partial charge on any atom is -0.330 e. The molecule has 0 heterocycles. The van der Waals surface area contributed by atoms with Crippen molar-refractivity contribution in [2.75, 3.05) is 6.54 Å². The molecular weight excluding hydrogens is 134 g/mol. The third-order valence-corrected chi connectivity index (χ3v) is 3.37. The first-order valence-corrected chi connectivity index (χ1v) is 4.99. The summed E-state index contributed by atoms with van der Waals surface area (Å²) in [6.45, 7) is 5.56. The van der Waals surface area contributed by atoms with Crippen LogP contribution < -0.4 is 5.73 Å². The molecule has 0 aliphatic heterocycles. The van der Waals surface area contributed by atoms with E-state index in [-0.39, 0.29) is 0 Å². The summed E-state index contributed by atoms with van der Waals surface area (Å²) in [5.74, 6) is 2.61. The Hall–Kier alpha value is -0.0400. The van der Waals surface area contributed by atoms with Crippen LogP contribution in [-0.4, -0.2) is 6.54 Å². The smallest absolute Gasteiger partial charge is 0.00437 e. The van der Waals surface area contributed by atoms with Crippen LogP contribution in [0.5, 0.6) is 0 Å². The zero-order valence-corrected chi connectivity index (χ0v) is 7.84. The monoisotopic (exact) mass is 155 g/mol. The fraction of sp³-hybridized carbons (Fsp3) is 1.00. The third-order valence-electron chi connectivity index (χ3n) is 3.37. The lowest BCUT2D eigenvalue weighted by Crippen LogP contribution is -2.32. The van der Waals surface area contributed by atoms with Crippen molar-refractivity contribution < 1.29 is 0 Å². The largest absolute Gasteiger partial charge is 0.330 e. The summed E-state index contributed by atoms with van der Waals surface area (Å²) in [4.78, 5) is 0. The second-order valence-corrected chi connectivity index (χ2v) is 3.98. The Bertz CT molecular complexity index is 111. The van der Waals surface area contributed by atoms with Crippen molar-refractivity contribution in [3.05, 3.63) is 0 Å². The average molecular weight is 155 g/mol. The molecule has 0 aromatic heterocycles. The first kappa shape index (κ1) is 9.05. The lowest BCUT2D eigenvalue weighted by molar-refractivity contribution is 0.167. The molecule has 0 spiro atoms. The lowest BCUT2D eigenvalue weighted by atomic mass is 9.72. The summed E-state index contributed by atoms with van der Waals surface area (Å²) >= 11 is 0. The maximum Gasteiger partial charge on any atom is -0.00437 e. The molecule has 1 saturated carbocycles. The normalized spacial score (nSPS) is 39.0. The summed E-state index contributed by atoms with van der Waals surface area (Å²) in [6, 6.07) is 0. The molecule has 3 unspecified atom stereocenters. The van der Waals surface area contributed by atoms with Gasteiger partial charge in [0.15, 0.2) is 0 Å². The number of rotatable bonds is 2. The molecule has 66 valence electrons. The van der Waals surface area contributed by atoms with Gasteiger partial charge in [-0.15, -0.1) is 0 Å². The van der Waals surface area contributed by atoms with Crippen molar-refractivity contribution in [2.45, 2.75) is 39.5 Å². The van der Waals surface area contributed by atoms with Gasteiger partial charge in [0, 0.05) is 0 Å². The van der Waals surface area contributed by atoms with Gasteiger partial charge in [0.2, 0.25) is 0 Å². The van der Waals surface area contributed by atoms with Crippen LogP contribution in [0.3, 0.4) is 0 Å². The van der Waals surface area contributed by atoms with E-state index < -0.39 is 0 Å². The van der Waals surface area contributed by atoms with Crippen LogP contribution in [0.15, 0.2) is 0 Å². The second kappa shape index (κ2) is 4.10. The molecule has 2 N–H and O–H groups in total. The van der Waals surface area contributed by atoms with Gasteiger partial charge >= 0.3 is 0 Å². The Kier molecular flexibility index (Phi) is 3.38.